The summed E-state index contributed by atoms with van der Waals surface area (Å²) in [5, 5.41) is 3.26. The smallest absolute Gasteiger partial charge is 0.407 e. The van der Waals surface area contributed by atoms with E-state index in [0.29, 0.717) is 41.5 Å². The zero-order valence-electron chi connectivity index (χ0n) is 18.5. The van der Waals surface area contributed by atoms with Crippen LogP contribution in [0.15, 0.2) is 12.1 Å². The Morgan fingerprint density at radius 1 is 1.30 bits per heavy atom. The molecule has 1 heterocycles. The maximum absolute atomic E-state index is 11.9. The van der Waals surface area contributed by atoms with Gasteiger partial charge in [-0.2, -0.15) is 0 Å². The molecule has 1 aliphatic rings. The average Bonchev–Trinajstić information content (AvgIpc) is 2.63. The van der Waals surface area contributed by atoms with Crippen molar-refractivity contribution < 1.29 is 18.8 Å². The molecule has 2 amide bonds. The Hall–Kier alpha value is -1.97. The summed E-state index contributed by atoms with van der Waals surface area (Å²) in [7, 11) is -0.790. The van der Waals surface area contributed by atoms with Gasteiger partial charge in [-0.25, -0.2) is 4.79 Å². The molecule has 1 aromatic carbocycles. The number of anilines is 2. The highest BCUT2D eigenvalue weighted by Crippen LogP contribution is 2.39. The Morgan fingerprint density at radius 2 is 1.93 bits per heavy atom. The summed E-state index contributed by atoms with van der Waals surface area (Å²) in [6.07, 6.45) is -0.158. The molecule has 0 radical (unpaired) electrons. The van der Waals surface area contributed by atoms with Gasteiger partial charge in [-0.1, -0.05) is 32.4 Å². The number of nitrogens with zero attached hydrogens (tertiary/aromatic N) is 1. The molecule has 10 heteroatoms. The number of alkyl carbamates (subject to hydrolysis) is 1. The molecule has 0 spiro atoms. The first kappa shape index (κ1) is 24.3. The molecule has 0 unspecified atom stereocenters. The number of rotatable bonds is 5. The number of ether oxygens (including phenoxy) is 1. The number of carbonyl (C=O) groups excluding carboxylic acids is 2. The standard InChI is InChI=1S/C20H33ClN4O4Si/c1-20(2,3)30(5,6)29-16-11-25(8-7-14(16)24-19(27)28-4)15-10-12(18(23)26)9-13(22)17(15)21/h9-10,14,16H,7-8,11,22H2,1-6H3,(H2,23,26)(H,24,27)/t14-,16-/m0/s1. The quantitative estimate of drug-likeness (QED) is 0.461. The van der Waals surface area contributed by atoms with E-state index >= 15 is 0 Å². The van der Waals surface area contributed by atoms with Gasteiger partial charge in [0.25, 0.3) is 0 Å². The van der Waals surface area contributed by atoms with E-state index < -0.39 is 20.3 Å². The van der Waals surface area contributed by atoms with E-state index in [4.69, 9.17) is 32.2 Å². The number of hydrogen-bond acceptors (Lipinski definition) is 6. The molecule has 1 saturated heterocycles. The molecule has 1 fully saturated rings. The first-order valence-corrected chi connectivity index (χ1v) is 13.2. The van der Waals surface area contributed by atoms with E-state index in [1.807, 2.05) is 4.90 Å². The van der Waals surface area contributed by atoms with Gasteiger partial charge in [0.1, 0.15) is 0 Å². The highest BCUT2D eigenvalue weighted by atomic mass is 35.5. The topological polar surface area (TPSA) is 120 Å². The number of nitrogens with two attached hydrogens (primary N) is 2. The van der Waals surface area contributed by atoms with Crippen LogP contribution in [0.25, 0.3) is 0 Å². The molecule has 1 aromatic rings. The van der Waals surface area contributed by atoms with Crippen LogP contribution in [0, 0.1) is 0 Å². The number of benzene rings is 1. The fourth-order valence-corrected chi connectivity index (χ4v) is 4.77. The first-order chi connectivity index (χ1) is 13.8. The van der Waals surface area contributed by atoms with E-state index in [2.05, 4.69) is 39.2 Å². The molecule has 30 heavy (non-hydrogen) atoms. The van der Waals surface area contributed by atoms with E-state index in [0.717, 1.165) is 0 Å². The molecular weight excluding hydrogens is 424 g/mol. The lowest BCUT2D eigenvalue weighted by Crippen LogP contribution is -2.59. The Bertz CT molecular complexity index is 813. The van der Waals surface area contributed by atoms with E-state index in [1.165, 1.54) is 13.2 Å². The number of halogens is 1. The van der Waals surface area contributed by atoms with Crippen molar-refractivity contribution in [3.8, 4) is 0 Å². The fourth-order valence-electron chi connectivity index (χ4n) is 3.19. The number of primary amides is 1. The lowest BCUT2D eigenvalue weighted by molar-refractivity contribution is 0.1000. The molecule has 2 rings (SSSR count). The van der Waals surface area contributed by atoms with Gasteiger partial charge in [0.2, 0.25) is 5.91 Å². The molecule has 0 saturated carbocycles. The number of nitrogen functional groups attached to an aromatic ring is 1. The summed E-state index contributed by atoms with van der Waals surface area (Å²) in [5.74, 6) is -0.573. The van der Waals surface area contributed by atoms with E-state index in [-0.39, 0.29) is 17.2 Å². The predicted molar refractivity (Wildman–Crippen MR) is 123 cm³/mol. The Balaban J connectivity index is 2.37. The number of methoxy groups -OCH3 is 1. The van der Waals surface area contributed by atoms with E-state index in [1.54, 1.807) is 6.07 Å². The average molecular weight is 457 g/mol. The fraction of sp³-hybridized carbons (Fsp3) is 0.600. The molecule has 0 aromatic heterocycles. The Kier molecular flexibility index (Phi) is 7.31. The molecule has 2 atom stereocenters. The maximum Gasteiger partial charge on any atom is 0.407 e. The molecule has 0 aliphatic carbocycles. The number of amides is 2. The molecule has 8 nitrogen and oxygen atoms in total. The lowest BCUT2D eigenvalue weighted by atomic mass is 10.0. The number of nitrogens with one attached hydrogen (secondary N) is 1. The number of carbonyl (C=O) groups is 2. The molecule has 0 bridgehead atoms. The molecule has 168 valence electrons. The van der Waals surface area contributed by atoms with Crippen LogP contribution >= 0.6 is 11.6 Å². The van der Waals surface area contributed by atoms with Gasteiger partial charge in [-0.3, -0.25) is 4.79 Å². The highest BCUT2D eigenvalue weighted by molar-refractivity contribution is 6.74. The van der Waals surface area contributed by atoms with Crippen molar-refractivity contribution in [3.05, 3.63) is 22.7 Å². The van der Waals surface area contributed by atoms with Crippen molar-refractivity contribution in [2.24, 2.45) is 5.73 Å². The van der Waals surface area contributed by atoms with Crippen LogP contribution in [0.3, 0.4) is 0 Å². The monoisotopic (exact) mass is 456 g/mol. The minimum Gasteiger partial charge on any atom is -0.453 e. The molecule has 5 N–H and O–H groups in total. The largest absolute Gasteiger partial charge is 0.453 e. The van der Waals surface area contributed by atoms with Crippen molar-refractivity contribution >= 4 is 43.3 Å². The number of hydrogen-bond donors (Lipinski definition) is 3. The second-order valence-corrected chi connectivity index (χ2v) is 14.3. The van der Waals surface area contributed by atoms with Gasteiger partial charge in [0.05, 0.1) is 35.7 Å². The van der Waals surface area contributed by atoms with Gasteiger partial charge in [0.15, 0.2) is 8.32 Å². The van der Waals surface area contributed by atoms with Crippen LogP contribution in [0.4, 0.5) is 16.2 Å². The van der Waals surface area contributed by atoms with Crippen molar-refractivity contribution in [2.45, 2.75) is 57.5 Å². The van der Waals surface area contributed by atoms with Gasteiger partial charge < -0.3 is 30.8 Å². The van der Waals surface area contributed by atoms with Crippen LogP contribution in [0.5, 0.6) is 0 Å². The first-order valence-electron chi connectivity index (χ1n) is 9.93. The summed E-state index contributed by atoms with van der Waals surface area (Å²) in [6, 6.07) is 2.92. The third-order valence-electron chi connectivity index (χ3n) is 6.01. The summed E-state index contributed by atoms with van der Waals surface area (Å²) in [4.78, 5) is 25.6. The highest BCUT2D eigenvalue weighted by Gasteiger charge is 2.43. The van der Waals surface area contributed by atoms with Crippen LogP contribution in [-0.4, -0.2) is 52.7 Å². The number of piperidine rings is 1. The zero-order valence-corrected chi connectivity index (χ0v) is 20.3. The second-order valence-electron chi connectivity index (χ2n) is 9.16. The van der Waals surface area contributed by atoms with Crippen molar-refractivity contribution in [1.29, 1.82) is 0 Å². The Morgan fingerprint density at radius 3 is 2.47 bits per heavy atom. The molecule has 1 aliphatic heterocycles. The predicted octanol–water partition coefficient (Wildman–Crippen LogP) is 3.35. The summed E-state index contributed by atoms with van der Waals surface area (Å²) in [6.45, 7) is 11.9. The third kappa shape index (κ3) is 5.38. The third-order valence-corrected chi connectivity index (χ3v) is 10.9. The minimum atomic E-state index is -2.13. The van der Waals surface area contributed by atoms with Gasteiger partial charge in [-0.05, 0) is 36.7 Å². The Labute approximate surface area is 184 Å². The second kappa shape index (κ2) is 9.03. The SMILES string of the molecule is COC(=O)N[C@H]1CCN(c2cc(C(N)=O)cc(N)c2Cl)C[C@@H]1O[Si](C)(C)C(C)(C)C. The van der Waals surface area contributed by atoms with Crippen molar-refractivity contribution in [1.82, 2.24) is 5.32 Å². The van der Waals surface area contributed by atoms with Gasteiger partial charge in [-0.15, -0.1) is 0 Å². The summed E-state index contributed by atoms with van der Waals surface area (Å²) >= 11 is 6.46. The zero-order chi connectivity index (χ0) is 22.9. The minimum absolute atomic E-state index is 0.000942. The maximum atomic E-state index is 11.9. The molecular formula is C20H33ClN4O4Si. The summed E-state index contributed by atoms with van der Waals surface area (Å²) in [5.41, 5.74) is 12.7. The van der Waals surface area contributed by atoms with Crippen LogP contribution < -0.4 is 21.7 Å². The van der Waals surface area contributed by atoms with Crippen LogP contribution in [0.2, 0.25) is 23.2 Å². The normalized spacial score (nSPS) is 20.0. The van der Waals surface area contributed by atoms with Crippen LogP contribution in [-0.2, 0) is 9.16 Å². The van der Waals surface area contributed by atoms with Crippen molar-refractivity contribution in [3.63, 3.8) is 0 Å². The van der Waals surface area contributed by atoms with Crippen molar-refractivity contribution in [2.75, 3.05) is 30.8 Å². The van der Waals surface area contributed by atoms with Crippen LogP contribution in [0.1, 0.15) is 37.6 Å². The van der Waals surface area contributed by atoms with Gasteiger partial charge >= 0.3 is 6.09 Å². The summed E-state index contributed by atoms with van der Waals surface area (Å²) < 4.78 is 11.5. The van der Waals surface area contributed by atoms with E-state index in [9.17, 15) is 9.59 Å². The van der Waals surface area contributed by atoms with Gasteiger partial charge in [0, 0.05) is 18.7 Å². The lowest BCUT2D eigenvalue weighted by Gasteiger charge is -2.46.